The standard InChI is InChI=1S/C24H25ClN4O/c1-15-10-23(29-14-19-11-20(29)13-26-19)28-22-8-7-18(12-21(15)22)27-24(30)9-4-16-2-5-17(25)6-3-16/h2-3,5-8,10,12,19-20,26H,4,9,11,13-14H2,1H3,(H,27,30). The summed E-state index contributed by atoms with van der Waals surface area (Å²) in [5.74, 6) is 1.07. The zero-order chi connectivity index (χ0) is 20.7. The summed E-state index contributed by atoms with van der Waals surface area (Å²) in [5, 5.41) is 8.35. The molecule has 0 aliphatic carbocycles. The number of anilines is 2. The molecule has 3 aromatic rings. The van der Waals surface area contributed by atoms with Crippen LogP contribution in [-0.4, -0.2) is 36.1 Å². The lowest BCUT2D eigenvalue weighted by Gasteiger charge is -2.29. The van der Waals surface area contributed by atoms with Gasteiger partial charge in [-0.2, -0.15) is 0 Å². The number of aryl methyl sites for hydroxylation is 2. The Kier molecular flexibility index (Phi) is 5.09. The van der Waals surface area contributed by atoms with Gasteiger partial charge >= 0.3 is 0 Å². The molecule has 2 N–H and O–H groups in total. The van der Waals surface area contributed by atoms with E-state index < -0.39 is 0 Å². The maximum absolute atomic E-state index is 12.4. The lowest BCUT2D eigenvalue weighted by atomic mass is 10.1. The average Bonchev–Trinajstić information content (AvgIpc) is 3.37. The van der Waals surface area contributed by atoms with E-state index in [2.05, 4.69) is 28.5 Å². The van der Waals surface area contributed by atoms with Crippen LogP contribution in [0.5, 0.6) is 0 Å². The topological polar surface area (TPSA) is 57.3 Å². The van der Waals surface area contributed by atoms with Crippen molar-refractivity contribution in [2.75, 3.05) is 23.3 Å². The SMILES string of the molecule is Cc1cc(N2CC3CC2CN3)nc2ccc(NC(=O)CCc3ccc(Cl)cc3)cc12. The summed E-state index contributed by atoms with van der Waals surface area (Å²) in [5.41, 5.74) is 4.07. The molecule has 1 amide bonds. The van der Waals surface area contributed by atoms with E-state index in [1.165, 1.54) is 12.0 Å². The van der Waals surface area contributed by atoms with E-state index in [0.717, 1.165) is 41.1 Å². The number of fused-ring (bicyclic) bond motifs is 3. The Morgan fingerprint density at radius 3 is 2.80 bits per heavy atom. The second kappa shape index (κ2) is 7.89. The molecule has 2 aliphatic heterocycles. The molecule has 2 unspecified atom stereocenters. The van der Waals surface area contributed by atoms with Crippen LogP contribution in [-0.2, 0) is 11.2 Å². The summed E-state index contributed by atoms with van der Waals surface area (Å²) in [6.07, 6.45) is 2.33. The van der Waals surface area contributed by atoms with Gasteiger partial charge in [0.1, 0.15) is 5.82 Å². The highest BCUT2D eigenvalue weighted by Gasteiger charge is 2.38. The van der Waals surface area contributed by atoms with Crippen LogP contribution in [0.2, 0.25) is 5.02 Å². The van der Waals surface area contributed by atoms with Crippen molar-refractivity contribution in [3.8, 4) is 0 Å². The Morgan fingerprint density at radius 1 is 1.23 bits per heavy atom. The molecule has 2 bridgehead atoms. The minimum absolute atomic E-state index is 0.00660. The Balaban J connectivity index is 1.28. The first kappa shape index (κ1) is 19.3. The van der Waals surface area contributed by atoms with Crippen molar-refractivity contribution in [3.63, 3.8) is 0 Å². The van der Waals surface area contributed by atoms with Gasteiger partial charge in [0.2, 0.25) is 5.91 Å². The van der Waals surface area contributed by atoms with Crippen LogP contribution in [0.4, 0.5) is 11.5 Å². The summed E-state index contributed by atoms with van der Waals surface area (Å²) >= 11 is 5.92. The minimum atomic E-state index is 0.00660. The number of rotatable bonds is 5. The third kappa shape index (κ3) is 3.87. The third-order valence-electron chi connectivity index (χ3n) is 6.19. The van der Waals surface area contributed by atoms with Crippen LogP contribution in [0.25, 0.3) is 10.9 Å². The molecule has 6 heteroatoms. The predicted molar refractivity (Wildman–Crippen MR) is 122 cm³/mol. The third-order valence-corrected chi connectivity index (χ3v) is 6.44. The van der Waals surface area contributed by atoms with Crippen LogP contribution in [0.15, 0.2) is 48.5 Å². The number of benzene rings is 2. The largest absolute Gasteiger partial charge is 0.351 e. The number of carbonyl (C=O) groups excluding carboxylic acids is 1. The fourth-order valence-corrected chi connectivity index (χ4v) is 4.70. The molecule has 0 radical (unpaired) electrons. The van der Waals surface area contributed by atoms with Crippen molar-refractivity contribution in [3.05, 3.63) is 64.7 Å². The molecule has 0 saturated carbocycles. The number of hydrogen-bond donors (Lipinski definition) is 2. The lowest BCUT2D eigenvalue weighted by molar-refractivity contribution is -0.116. The highest BCUT2D eigenvalue weighted by Crippen LogP contribution is 2.31. The Labute approximate surface area is 181 Å². The van der Waals surface area contributed by atoms with Crippen LogP contribution >= 0.6 is 11.6 Å². The number of pyridine rings is 1. The highest BCUT2D eigenvalue weighted by atomic mass is 35.5. The molecule has 5 nitrogen and oxygen atoms in total. The molecule has 30 heavy (non-hydrogen) atoms. The van der Waals surface area contributed by atoms with Crippen molar-refractivity contribution in [1.29, 1.82) is 0 Å². The van der Waals surface area contributed by atoms with Crippen LogP contribution in [0, 0.1) is 6.92 Å². The molecule has 1 aromatic heterocycles. The molecule has 2 aromatic carbocycles. The molecule has 2 fully saturated rings. The molecule has 154 valence electrons. The number of halogens is 1. The maximum atomic E-state index is 12.4. The molecule has 3 heterocycles. The Morgan fingerprint density at radius 2 is 2.07 bits per heavy atom. The van der Waals surface area contributed by atoms with Crippen molar-refractivity contribution in [2.45, 2.75) is 38.3 Å². The smallest absolute Gasteiger partial charge is 0.224 e. The van der Waals surface area contributed by atoms with Crippen LogP contribution in [0.1, 0.15) is 24.0 Å². The zero-order valence-corrected chi connectivity index (χ0v) is 17.7. The zero-order valence-electron chi connectivity index (χ0n) is 17.0. The number of carbonyl (C=O) groups is 1. The lowest BCUT2D eigenvalue weighted by Crippen LogP contribution is -2.44. The molecule has 2 atom stereocenters. The Hall–Kier alpha value is -2.63. The fraction of sp³-hybridized carbons (Fsp3) is 0.333. The first-order valence-corrected chi connectivity index (χ1v) is 10.9. The molecule has 0 spiro atoms. The number of amides is 1. The summed E-state index contributed by atoms with van der Waals surface area (Å²) in [6.45, 7) is 4.20. The van der Waals surface area contributed by atoms with E-state index in [4.69, 9.17) is 16.6 Å². The molecular formula is C24H25ClN4O. The average molecular weight is 421 g/mol. The van der Waals surface area contributed by atoms with Crippen molar-refractivity contribution < 1.29 is 4.79 Å². The van der Waals surface area contributed by atoms with Gasteiger partial charge in [0.05, 0.1) is 5.52 Å². The van der Waals surface area contributed by atoms with E-state index >= 15 is 0 Å². The van der Waals surface area contributed by atoms with Gasteiger partial charge in [0.15, 0.2) is 0 Å². The minimum Gasteiger partial charge on any atom is -0.351 e. The van der Waals surface area contributed by atoms with E-state index in [1.54, 1.807) is 0 Å². The fourth-order valence-electron chi connectivity index (χ4n) is 4.58. The van der Waals surface area contributed by atoms with E-state index in [1.807, 2.05) is 42.5 Å². The van der Waals surface area contributed by atoms with Crippen molar-refractivity contribution in [1.82, 2.24) is 10.3 Å². The molecule has 2 aliphatic rings. The molecule has 5 rings (SSSR count). The van der Waals surface area contributed by atoms with Gasteiger partial charge in [-0.1, -0.05) is 23.7 Å². The number of piperazine rings is 1. The van der Waals surface area contributed by atoms with E-state index in [-0.39, 0.29) is 5.91 Å². The summed E-state index contributed by atoms with van der Waals surface area (Å²) in [7, 11) is 0. The predicted octanol–water partition coefficient (Wildman–Crippen LogP) is 4.32. The van der Waals surface area contributed by atoms with Gasteiger partial charge in [-0.05, 0) is 67.3 Å². The van der Waals surface area contributed by atoms with Gasteiger partial charge in [-0.25, -0.2) is 4.98 Å². The van der Waals surface area contributed by atoms with Gasteiger partial charge in [-0.3, -0.25) is 4.79 Å². The number of hydrogen-bond acceptors (Lipinski definition) is 4. The number of aromatic nitrogens is 1. The van der Waals surface area contributed by atoms with E-state index in [9.17, 15) is 4.79 Å². The number of nitrogens with one attached hydrogen (secondary N) is 2. The van der Waals surface area contributed by atoms with Crippen LogP contribution in [0.3, 0.4) is 0 Å². The van der Waals surface area contributed by atoms with Gasteiger partial charge in [0.25, 0.3) is 0 Å². The van der Waals surface area contributed by atoms with E-state index in [0.29, 0.717) is 29.9 Å². The second-order valence-electron chi connectivity index (χ2n) is 8.35. The van der Waals surface area contributed by atoms with Crippen molar-refractivity contribution in [2.24, 2.45) is 0 Å². The maximum Gasteiger partial charge on any atom is 0.224 e. The summed E-state index contributed by atoms with van der Waals surface area (Å²) in [4.78, 5) is 19.8. The summed E-state index contributed by atoms with van der Waals surface area (Å²) in [6, 6.07) is 16.9. The normalized spacial score (nSPS) is 20.1. The van der Waals surface area contributed by atoms with Gasteiger partial charge < -0.3 is 15.5 Å². The first-order chi connectivity index (χ1) is 14.5. The second-order valence-corrected chi connectivity index (χ2v) is 8.79. The first-order valence-electron chi connectivity index (χ1n) is 10.5. The highest BCUT2D eigenvalue weighted by molar-refractivity contribution is 6.30. The van der Waals surface area contributed by atoms with Crippen LogP contribution < -0.4 is 15.5 Å². The van der Waals surface area contributed by atoms with Gasteiger partial charge in [-0.15, -0.1) is 0 Å². The Bertz CT molecular complexity index is 1100. The summed E-state index contributed by atoms with van der Waals surface area (Å²) < 4.78 is 0. The quantitative estimate of drug-likeness (QED) is 0.645. The molecule has 2 saturated heterocycles. The number of nitrogens with zero attached hydrogens (tertiary/aromatic N) is 2. The van der Waals surface area contributed by atoms with Gasteiger partial charge in [0, 0.05) is 47.7 Å². The van der Waals surface area contributed by atoms with Crippen molar-refractivity contribution >= 4 is 39.9 Å². The monoisotopic (exact) mass is 420 g/mol. The molecular weight excluding hydrogens is 396 g/mol.